The van der Waals surface area contributed by atoms with Crippen molar-refractivity contribution >= 4 is 0 Å². The lowest BCUT2D eigenvalue weighted by Gasteiger charge is -2.15. The number of rotatable bonds is 7. The first kappa shape index (κ1) is 13.2. The van der Waals surface area contributed by atoms with E-state index in [1.54, 1.807) is 0 Å². The first-order valence-electron chi connectivity index (χ1n) is 6.36. The van der Waals surface area contributed by atoms with E-state index in [9.17, 15) is 0 Å². The third-order valence-corrected chi connectivity index (χ3v) is 3.34. The summed E-state index contributed by atoms with van der Waals surface area (Å²) < 4.78 is 1.95. The average Bonchev–Trinajstić information content (AvgIpc) is 2.61. The lowest BCUT2D eigenvalue weighted by molar-refractivity contribution is 0.502. The predicted molar refractivity (Wildman–Crippen MR) is 68.5 cm³/mol. The van der Waals surface area contributed by atoms with Gasteiger partial charge in [-0.15, -0.1) is 0 Å². The van der Waals surface area contributed by atoms with Crippen molar-refractivity contribution in [1.82, 2.24) is 15.1 Å². The highest BCUT2D eigenvalue weighted by Crippen LogP contribution is 2.22. The summed E-state index contributed by atoms with van der Waals surface area (Å²) in [4.78, 5) is 0. The van der Waals surface area contributed by atoms with Gasteiger partial charge in [-0.3, -0.25) is 4.68 Å². The molecule has 0 spiro atoms. The van der Waals surface area contributed by atoms with E-state index in [-0.39, 0.29) is 0 Å². The lowest BCUT2D eigenvalue weighted by atomic mass is 10.0. The zero-order chi connectivity index (χ0) is 12.0. The second kappa shape index (κ2) is 6.69. The summed E-state index contributed by atoms with van der Waals surface area (Å²) in [5.41, 5.74) is 2.62. The van der Waals surface area contributed by atoms with Crippen molar-refractivity contribution in [2.24, 2.45) is 7.05 Å². The Morgan fingerprint density at radius 2 is 2.12 bits per heavy atom. The summed E-state index contributed by atoms with van der Waals surface area (Å²) in [5, 5.41) is 7.70. The quantitative estimate of drug-likeness (QED) is 0.720. The van der Waals surface area contributed by atoms with Crippen LogP contribution in [0, 0.1) is 6.92 Å². The molecule has 0 aliphatic carbocycles. The molecule has 0 aliphatic rings. The van der Waals surface area contributed by atoms with Crippen LogP contribution in [0.15, 0.2) is 6.20 Å². The van der Waals surface area contributed by atoms with Crippen molar-refractivity contribution in [3.05, 3.63) is 17.5 Å². The van der Waals surface area contributed by atoms with E-state index in [1.807, 2.05) is 25.0 Å². The Bertz CT molecular complexity index is 304. The molecule has 1 unspecified atom stereocenters. The van der Waals surface area contributed by atoms with E-state index >= 15 is 0 Å². The number of aromatic nitrogens is 2. The van der Waals surface area contributed by atoms with Crippen LogP contribution in [-0.2, 0) is 7.05 Å². The fourth-order valence-electron chi connectivity index (χ4n) is 2.09. The fourth-order valence-corrected chi connectivity index (χ4v) is 2.09. The Balaban J connectivity index is 2.51. The van der Waals surface area contributed by atoms with Crippen LogP contribution in [0.2, 0.25) is 0 Å². The van der Waals surface area contributed by atoms with Gasteiger partial charge in [0.2, 0.25) is 0 Å². The largest absolute Gasteiger partial charge is 0.313 e. The Labute approximate surface area is 99.2 Å². The minimum Gasteiger partial charge on any atom is -0.313 e. The van der Waals surface area contributed by atoms with Gasteiger partial charge in [-0.05, 0) is 20.4 Å². The summed E-state index contributed by atoms with van der Waals surface area (Å²) in [6.45, 7) is 4.39. The number of unbranched alkanes of at least 4 members (excludes halogenated alkanes) is 3. The monoisotopic (exact) mass is 223 g/mol. The number of nitrogens with zero attached hydrogens (tertiary/aromatic N) is 2. The fraction of sp³-hybridized carbons (Fsp3) is 0.769. The molecule has 1 rings (SSSR count). The minimum absolute atomic E-state index is 0.463. The van der Waals surface area contributed by atoms with Gasteiger partial charge >= 0.3 is 0 Å². The van der Waals surface area contributed by atoms with Crippen LogP contribution in [0.5, 0.6) is 0 Å². The van der Waals surface area contributed by atoms with Crippen molar-refractivity contribution in [3.8, 4) is 0 Å². The van der Waals surface area contributed by atoms with Gasteiger partial charge in [-0.2, -0.15) is 5.10 Å². The molecule has 1 N–H and O–H groups in total. The Morgan fingerprint density at radius 3 is 2.62 bits per heavy atom. The number of hydrogen-bond acceptors (Lipinski definition) is 2. The lowest BCUT2D eigenvalue weighted by Crippen LogP contribution is -2.17. The van der Waals surface area contributed by atoms with E-state index in [4.69, 9.17) is 0 Å². The van der Waals surface area contributed by atoms with Gasteiger partial charge in [-0.25, -0.2) is 0 Å². The van der Waals surface area contributed by atoms with Crippen LogP contribution in [0.1, 0.15) is 56.3 Å². The van der Waals surface area contributed by atoms with E-state index in [0.717, 1.165) is 0 Å². The third-order valence-electron chi connectivity index (χ3n) is 3.34. The van der Waals surface area contributed by atoms with E-state index < -0.39 is 0 Å². The zero-order valence-electron chi connectivity index (χ0n) is 11.1. The number of aryl methyl sites for hydroxylation is 1. The summed E-state index contributed by atoms with van der Waals surface area (Å²) >= 11 is 0. The molecule has 92 valence electrons. The highest BCUT2D eigenvalue weighted by atomic mass is 15.3. The molecule has 0 bridgehead atoms. The first-order chi connectivity index (χ1) is 7.70. The molecule has 3 nitrogen and oxygen atoms in total. The predicted octanol–water partition coefficient (Wildman–Crippen LogP) is 2.96. The molecule has 1 aromatic heterocycles. The van der Waals surface area contributed by atoms with Crippen molar-refractivity contribution in [3.63, 3.8) is 0 Å². The van der Waals surface area contributed by atoms with Gasteiger partial charge in [0.05, 0.1) is 6.20 Å². The first-order valence-corrected chi connectivity index (χ1v) is 6.36. The van der Waals surface area contributed by atoms with Gasteiger partial charge in [0.15, 0.2) is 0 Å². The van der Waals surface area contributed by atoms with Crippen molar-refractivity contribution in [2.75, 3.05) is 7.05 Å². The summed E-state index contributed by atoms with van der Waals surface area (Å²) in [5.74, 6) is 0. The maximum absolute atomic E-state index is 4.31. The molecule has 0 fully saturated rings. The van der Waals surface area contributed by atoms with Crippen LogP contribution in [0.25, 0.3) is 0 Å². The molecule has 1 heterocycles. The van der Waals surface area contributed by atoms with Gasteiger partial charge in [-0.1, -0.05) is 32.6 Å². The zero-order valence-corrected chi connectivity index (χ0v) is 11.1. The molecule has 3 heteroatoms. The maximum atomic E-state index is 4.31. The molecule has 0 saturated heterocycles. The second-order valence-electron chi connectivity index (χ2n) is 4.50. The van der Waals surface area contributed by atoms with Crippen LogP contribution in [-0.4, -0.2) is 16.8 Å². The molecule has 0 radical (unpaired) electrons. The van der Waals surface area contributed by atoms with E-state index in [0.29, 0.717) is 6.04 Å². The SMILES string of the molecule is CCCCCCC(NC)c1cnn(C)c1C. The van der Waals surface area contributed by atoms with Crippen molar-refractivity contribution in [1.29, 1.82) is 0 Å². The second-order valence-corrected chi connectivity index (χ2v) is 4.50. The van der Waals surface area contributed by atoms with Crippen molar-refractivity contribution < 1.29 is 0 Å². The topological polar surface area (TPSA) is 29.9 Å². The highest BCUT2D eigenvalue weighted by Gasteiger charge is 2.14. The highest BCUT2D eigenvalue weighted by molar-refractivity contribution is 5.20. The van der Waals surface area contributed by atoms with Gasteiger partial charge in [0.25, 0.3) is 0 Å². The van der Waals surface area contributed by atoms with E-state index in [1.165, 1.54) is 43.4 Å². The van der Waals surface area contributed by atoms with Crippen LogP contribution >= 0.6 is 0 Å². The minimum atomic E-state index is 0.463. The molecule has 1 atom stereocenters. The van der Waals surface area contributed by atoms with Crippen LogP contribution in [0.4, 0.5) is 0 Å². The molecular formula is C13H25N3. The van der Waals surface area contributed by atoms with Gasteiger partial charge in [0.1, 0.15) is 0 Å². The summed E-state index contributed by atoms with van der Waals surface area (Å²) in [6.07, 6.45) is 8.50. The molecule has 0 amide bonds. The van der Waals surface area contributed by atoms with Gasteiger partial charge in [0, 0.05) is 24.3 Å². The Morgan fingerprint density at radius 1 is 1.38 bits per heavy atom. The Kier molecular flexibility index (Phi) is 5.53. The third kappa shape index (κ3) is 3.34. The van der Waals surface area contributed by atoms with Crippen LogP contribution < -0.4 is 5.32 Å². The Hall–Kier alpha value is -0.830. The van der Waals surface area contributed by atoms with Gasteiger partial charge < -0.3 is 5.32 Å². The molecular weight excluding hydrogens is 198 g/mol. The van der Waals surface area contributed by atoms with Crippen molar-refractivity contribution in [2.45, 2.75) is 52.0 Å². The molecule has 0 aliphatic heterocycles. The molecule has 0 aromatic carbocycles. The normalized spacial score (nSPS) is 13.0. The number of hydrogen-bond donors (Lipinski definition) is 1. The molecule has 16 heavy (non-hydrogen) atoms. The standard InChI is InChI=1S/C13H25N3/c1-5-6-7-8-9-13(14-3)12-10-15-16(4)11(12)2/h10,13-14H,5-9H2,1-4H3. The molecule has 0 saturated carbocycles. The smallest absolute Gasteiger partial charge is 0.0540 e. The molecule has 1 aromatic rings. The summed E-state index contributed by atoms with van der Waals surface area (Å²) in [6, 6.07) is 0.463. The average molecular weight is 223 g/mol. The van der Waals surface area contributed by atoms with Crippen LogP contribution in [0.3, 0.4) is 0 Å². The van der Waals surface area contributed by atoms with E-state index in [2.05, 4.69) is 24.3 Å². The number of nitrogens with one attached hydrogen (secondary N) is 1. The maximum Gasteiger partial charge on any atom is 0.0540 e. The summed E-state index contributed by atoms with van der Waals surface area (Å²) in [7, 11) is 4.04.